The summed E-state index contributed by atoms with van der Waals surface area (Å²) in [4.78, 5) is 11.9. The van der Waals surface area contributed by atoms with Crippen LogP contribution in [0.3, 0.4) is 0 Å². The van der Waals surface area contributed by atoms with Gasteiger partial charge in [0.05, 0.1) is 18.5 Å². The van der Waals surface area contributed by atoms with E-state index in [1.54, 1.807) is 33.8 Å². The molecule has 0 spiro atoms. The zero-order valence-corrected chi connectivity index (χ0v) is 15.3. The Balaban J connectivity index is 1.56. The van der Waals surface area contributed by atoms with E-state index in [0.29, 0.717) is 24.8 Å². The second-order valence-electron chi connectivity index (χ2n) is 6.99. The number of nitrogens with zero attached hydrogens (tertiary/aromatic N) is 3. The number of benzene rings is 1. The van der Waals surface area contributed by atoms with Crippen molar-refractivity contribution in [2.75, 3.05) is 6.61 Å². The van der Waals surface area contributed by atoms with E-state index < -0.39 is 0 Å². The fraction of sp³-hybridized carbons (Fsp3) is 0.333. The van der Waals surface area contributed by atoms with Crippen LogP contribution >= 0.6 is 0 Å². The molecule has 27 heavy (non-hydrogen) atoms. The quantitative estimate of drug-likeness (QED) is 0.633. The molecule has 0 bridgehead atoms. The van der Waals surface area contributed by atoms with Gasteiger partial charge in [-0.15, -0.1) is 0 Å². The van der Waals surface area contributed by atoms with Gasteiger partial charge in [-0.25, -0.2) is 9.07 Å². The topological polar surface area (TPSA) is 49.0 Å². The molecule has 0 N–H and O–H groups in total. The molecule has 1 aromatic carbocycles. The lowest BCUT2D eigenvalue weighted by Gasteiger charge is -2.08. The van der Waals surface area contributed by atoms with Crippen LogP contribution in [0.5, 0.6) is 5.75 Å². The first-order chi connectivity index (χ1) is 13.1. The molecular weight excluding hydrogens is 345 g/mol. The van der Waals surface area contributed by atoms with Crippen molar-refractivity contribution in [3.63, 3.8) is 0 Å². The summed E-state index contributed by atoms with van der Waals surface area (Å²) >= 11 is 0. The first-order valence-electron chi connectivity index (χ1n) is 9.32. The standard InChI is InChI=1S/C21H22FN3O2/c1-2-9-24-13-18(6-8-21(24)26)25-12-17(11-23-25)16-5-7-20(19(22)10-16)27-14-15-3-4-15/h5-8,10-13,15H,2-4,9,14H2,1H3. The molecule has 0 amide bonds. The van der Waals surface area contributed by atoms with E-state index in [1.807, 2.05) is 19.2 Å². The van der Waals surface area contributed by atoms with Gasteiger partial charge in [-0.3, -0.25) is 4.79 Å². The highest BCUT2D eigenvalue weighted by Crippen LogP contribution is 2.31. The molecule has 3 aromatic rings. The summed E-state index contributed by atoms with van der Waals surface area (Å²) in [5, 5.41) is 4.36. The third-order valence-electron chi connectivity index (χ3n) is 4.72. The highest BCUT2D eigenvalue weighted by atomic mass is 19.1. The van der Waals surface area contributed by atoms with Gasteiger partial charge in [0, 0.05) is 30.6 Å². The maximum Gasteiger partial charge on any atom is 0.250 e. The molecule has 5 nitrogen and oxygen atoms in total. The van der Waals surface area contributed by atoms with Crippen molar-refractivity contribution in [1.29, 1.82) is 0 Å². The first kappa shape index (κ1) is 17.5. The number of rotatable bonds is 7. The molecule has 0 radical (unpaired) electrons. The number of aryl methyl sites for hydroxylation is 1. The Morgan fingerprint density at radius 3 is 2.78 bits per heavy atom. The van der Waals surface area contributed by atoms with Crippen LogP contribution in [0.1, 0.15) is 26.2 Å². The summed E-state index contributed by atoms with van der Waals surface area (Å²) in [6, 6.07) is 8.26. The van der Waals surface area contributed by atoms with Crippen LogP contribution in [0.4, 0.5) is 4.39 Å². The molecule has 0 atom stereocenters. The largest absolute Gasteiger partial charge is 0.490 e. The maximum absolute atomic E-state index is 14.3. The van der Waals surface area contributed by atoms with Crippen LogP contribution in [0.15, 0.2) is 53.7 Å². The predicted octanol–water partition coefficient (Wildman–Crippen LogP) is 4.04. The van der Waals surface area contributed by atoms with Crippen LogP contribution in [-0.2, 0) is 6.54 Å². The van der Waals surface area contributed by atoms with Crippen molar-refractivity contribution >= 4 is 0 Å². The van der Waals surface area contributed by atoms with Gasteiger partial charge in [0.25, 0.3) is 5.56 Å². The molecule has 4 rings (SSSR count). The molecule has 6 heteroatoms. The average molecular weight is 367 g/mol. The van der Waals surface area contributed by atoms with Gasteiger partial charge in [0.15, 0.2) is 11.6 Å². The van der Waals surface area contributed by atoms with Crippen LogP contribution in [-0.4, -0.2) is 21.0 Å². The number of aromatic nitrogens is 3. The minimum absolute atomic E-state index is 0.0307. The van der Waals surface area contributed by atoms with E-state index in [0.717, 1.165) is 23.2 Å². The van der Waals surface area contributed by atoms with Crippen molar-refractivity contribution in [3.8, 4) is 22.6 Å². The van der Waals surface area contributed by atoms with Gasteiger partial charge in [0.2, 0.25) is 0 Å². The Morgan fingerprint density at radius 2 is 2.04 bits per heavy atom. The zero-order valence-electron chi connectivity index (χ0n) is 15.3. The molecule has 1 saturated carbocycles. The highest BCUT2D eigenvalue weighted by Gasteiger charge is 2.22. The molecule has 1 aliphatic carbocycles. The summed E-state index contributed by atoms with van der Waals surface area (Å²) in [7, 11) is 0. The second-order valence-corrected chi connectivity index (χ2v) is 6.99. The van der Waals surface area contributed by atoms with Gasteiger partial charge in [-0.2, -0.15) is 5.10 Å². The summed E-state index contributed by atoms with van der Waals surface area (Å²) in [5.74, 6) is 0.514. The number of hydrogen-bond acceptors (Lipinski definition) is 3. The third kappa shape index (κ3) is 3.94. The Kier molecular flexibility index (Phi) is 4.79. The molecule has 0 aliphatic heterocycles. The fourth-order valence-electron chi connectivity index (χ4n) is 2.97. The minimum Gasteiger partial charge on any atom is -0.490 e. The summed E-state index contributed by atoms with van der Waals surface area (Å²) < 4.78 is 23.2. The lowest BCUT2D eigenvalue weighted by atomic mass is 10.1. The van der Waals surface area contributed by atoms with Crippen molar-refractivity contribution < 1.29 is 9.13 Å². The molecule has 140 valence electrons. The van der Waals surface area contributed by atoms with Gasteiger partial charge in [-0.05, 0) is 48.9 Å². The Hall–Kier alpha value is -2.89. The molecule has 0 saturated heterocycles. The lowest BCUT2D eigenvalue weighted by Crippen LogP contribution is -2.19. The SMILES string of the molecule is CCCn1cc(-n2cc(-c3ccc(OCC4CC4)c(F)c3)cn2)ccc1=O. The number of hydrogen-bond donors (Lipinski definition) is 0. The van der Waals surface area contributed by atoms with Gasteiger partial charge < -0.3 is 9.30 Å². The summed E-state index contributed by atoms with van der Waals surface area (Å²) in [6.45, 7) is 3.27. The maximum atomic E-state index is 14.3. The van der Waals surface area contributed by atoms with Crippen LogP contribution < -0.4 is 10.3 Å². The Labute approximate surface area is 157 Å². The number of pyridine rings is 1. The smallest absolute Gasteiger partial charge is 0.250 e. The fourth-order valence-corrected chi connectivity index (χ4v) is 2.97. The van der Waals surface area contributed by atoms with E-state index in [-0.39, 0.29) is 11.4 Å². The third-order valence-corrected chi connectivity index (χ3v) is 4.72. The van der Waals surface area contributed by atoms with E-state index in [2.05, 4.69) is 5.10 Å². The van der Waals surface area contributed by atoms with Crippen LogP contribution in [0.2, 0.25) is 0 Å². The van der Waals surface area contributed by atoms with Crippen molar-refractivity contribution in [3.05, 3.63) is 65.1 Å². The van der Waals surface area contributed by atoms with Gasteiger partial charge >= 0.3 is 0 Å². The second kappa shape index (κ2) is 7.39. The van der Waals surface area contributed by atoms with E-state index >= 15 is 0 Å². The zero-order chi connectivity index (χ0) is 18.8. The highest BCUT2D eigenvalue weighted by molar-refractivity contribution is 5.63. The molecule has 0 unspecified atom stereocenters. The molecule has 1 fully saturated rings. The van der Waals surface area contributed by atoms with Crippen molar-refractivity contribution in [1.82, 2.24) is 14.3 Å². The van der Waals surface area contributed by atoms with Crippen LogP contribution in [0, 0.1) is 11.7 Å². The van der Waals surface area contributed by atoms with Gasteiger partial charge in [-0.1, -0.05) is 13.0 Å². The molecule has 2 heterocycles. The van der Waals surface area contributed by atoms with Crippen LogP contribution in [0.25, 0.3) is 16.8 Å². The summed E-state index contributed by atoms with van der Waals surface area (Å²) in [6.07, 6.45) is 8.53. The molecular formula is C21H22FN3O2. The normalized spacial score (nSPS) is 13.7. The average Bonchev–Trinajstić information content (AvgIpc) is 3.36. The Bertz CT molecular complexity index is 1000. The van der Waals surface area contributed by atoms with E-state index in [1.165, 1.54) is 25.0 Å². The molecule has 2 aromatic heterocycles. The lowest BCUT2D eigenvalue weighted by molar-refractivity contribution is 0.285. The van der Waals surface area contributed by atoms with E-state index in [9.17, 15) is 9.18 Å². The molecule has 1 aliphatic rings. The van der Waals surface area contributed by atoms with E-state index in [4.69, 9.17) is 4.74 Å². The number of ether oxygens (including phenoxy) is 1. The van der Waals surface area contributed by atoms with Crippen molar-refractivity contribution in [2.45, 2.75) is 32.7 Å². The monoisotopic (exact) mass is 367 g/mol. The first-order valence-corrected chi connectivity index (χ1v) is 9.32. The van der Waals surface area contributed by atoms with Gasteiger partial charge in [0.1, 0.15) is 0 Å². The summed E-state index contributed by atoms with van der Waals surface area (Å²) in [5.41, 5.74) is 2.30. The van der Waals surface area contributed by atoms with Crippen molar-refractivity contribution in [2.24, 2.45) is 5.92 Å². The predicted molar refractivity (Wildman–Crippen MR) is 102 cm³/mol. The number of halogens is 1. The minimum atomic E-state index is -0.364. The Morgan fingerprint density at radius 1 is 1.19 bits per heavy atom.